The van der Waals surface area contributed by atoms with E-state index >= 15 is 0 Å². The quantitative estimate of drug-likeness (QED) is 0.184. The third kappa shape index (κ3) is 4.91. The molecule has 2 rings (SSSR count). The number of methoxy groups -OCH3 is 2. The Kier molecular flexibility index (Phi) is 6.65. The minimum Gasteiger partial charge on any atom is -0.503 e. The van der Waals surface area contributed by atoms with E-state index in [0.717, 1.165) is 0 Å². The maximum Gasteiger partial charge on any atom is 0.341 e. The van der Waals surface area contributed by atoms with Crippen LogP contribution in [0.4, 0.5) is 5.69 Å². The first kappa shape index (κ1) is 19.6. The van der Waals surface area contributed by atoms with Gasteiger partial charge in [-0.1, -0.05) is 35.5 Å². The van der Waals surface area contributed by atoms with Crippen molar-refractivity contribution in [2.24, 2.45) is 5.16 Å². The molecule has 0 saturated heterocycles. The largest absolute Gasteiger partial charge is 0.503 e. The molecule has 0 atom stereocenters. The molecule has 0 N–H and O–H groups in total. The molecule has 8 nitrogen and oxygen atoms in total. The van der Waals surface area contributed by atoms with E-state index in [1.165, 1.54) is 38.7 Å². The molecule has 8 heteroatoms. The first-order chi connectivity index (χ1) is 13.0. The Morgan fingerprint density at radius 3 is 2.44 bits per heavy atom. The second-order valence-electron chi connectivity index (χ2n) is 5.33. The Morgan fingerprint density at radius 2 is 1.81 bits per heavy atom. The van der Waals surface area contributed by atoms with Crippen LogP contribution in [0.3, 0.4) is 0 Å². The number of nitro benzene ring substituents is 1. The van der Waals surface area contributed by atoms with Crippen molar-refractivity contribution in [2.45, 2.75) is 6.92 Å². The zero-order chi connectivity index (χ0) is 19.8. The van der Waals surface area contributed by atoms with Crippen molar-refractivity contribution >= 4 is 22.9 Å². The number of ether oxygens (including phenoxy) is 2. The fourth-order valence-electron chi connectivity index (χ4n) is 2.31. The van der Waals surface area contributed by atoms with E-state index < -0.39 is 10.9 Å². The average molecular weight is 370 g/mol. The predicted octanol–water partition coefficient (Wildman–Crippen LogP) is 3.56. The van der Waals surface area contributed by atoms with Gasteiger partial charge in [-0.2, -0.15) is 0 Å². The maximum atomic E-state index is 12.1. The Hall–Kier alpha value is -3.68. The summed E-state index contributed by atoms with van der Waals surface area (Å²) in [6.45, 7) is 1.69. The van der Waals surface area contributed by atoms with Gasteiger partial charge in [0.1, 0.15) is 5.57 Å². The number of esters is 1. The lowest BCUT2D eigenvalue weighted by Crippen LogP contribution is -2.09. The van der Waals surface area contributed by atoms with E-state index in [0.29, 0.717) is 16.8 Å². The molecule has 0 bridgehead atoms. The highest BCUT2D eigenvalue weighted by Crippen LogP contribution is 2.23. The lowest BCUT2D eigenvalue weighted by molar-refractivity contribution is -0.384. The summed E-state index contributed by atoms with van der Waals surface area (Å²) in [5.41, 5.74) is 1.76. The fourth-order valence-corrected chi connectivity index (χ4v) is 2.31. The van der Waals surface area contributed by atoms with Crippen LogP contribution in [0.1, 0.15) is 18.1 Å². The van der Waals surface area contributed by atoms with Gasteiger partial charge < -0.3 is 14.3 Å². The normalized spacial score (nSPS) is 11.7. The molecule has 0 aliphatic carbocycles. The van der Waals surface area contributed by atoms with Crippen molar-refractivity contribution in [3.8, 4) is 5.75 Å². The van der Waals surface area contributed by atoms with Crippen molar-refractivity contribution in [2.75, 3.05) is 14.2 Å². The van der Waals surface area contributed by atoms with E-state index in [-0.39, 0.29) is 17.0 Å². The summed E-state index contributed by atoms with van der Waals surface area (Å²) < 4.78 is 9.78. The van der Waals surface area contributed by atoms with Gasteiger partial charge in [0, 0.05) is 17.2 Å². The molecule has 0 amide bonds. The number of rotatable bonds is 7. The molecule has 140 valence electrons. The van der Waals surface area contributed by atoms with Crippen LogP contribution in [0.2, 0.25) is 0 Å². The summed E-state index contributed by atoms with van der Waals surface area (Å²) in [6.07, 6.45) is 1.29. The molecular formula is C19H18N2O6. The van der Waals surface area contributed by atoms with Gasteiger partial charge in [0.05, 0.1) is 37.2 Å². The first-order valence-electron chi connectivity index (χ1n) is 7.85. The fraction of sp³-hybridized carbons (Fsp3) is 0.158. The molecule has 2 aromatic rings. The van der Waals surface area contributed by atoms with Gasteiger partial charge in [-0.15, -0.1) is 0 Å². The monoisotopic (exact) mass is 370 g/mol. The van der Waals surface area contributed by atoms with Crippen LogP contribution in [0.5, 0.6) is 5.75 Å². The number of oxime groups is 1. The zero-order valence-electron chi connectivity index (χ0n) is 15.0. The highest BCUT2D eigenvalue weighted by atomic mass is 16.6. The number of hydrogen-bond acceptors (Lipinski definition) is 7. The topological polar surface area (TPSA) is 100 Å². The highest BCUT2D eigenvalue weighted by molar-refractivity contribution is 6.19. The molecular weight excluding hydrogens is 352 g/mol. The summed E-state index contributed by atoms with van der Waals surface area (Å²) >= 11 is 0. The predicted molar refractivity (Wildman–Crippen MR) is 99.4 cm³/mol. The van der Waals surface area contributed by atoms with Crippen molar-refractivity contribution in [3.63, 3.8) is 0 Å². The Bertz CT molecular complexity index is 905. The van der Waals surface area contributed by atoms with E-state index in [2.05, 4.69) is 5.16 Å². The molecule has 0 fully saturated rings. The minimum atomic E-state index is -0.559. The third-order valence-corrected chi connectivity index (χ3v) is 3.56. The molecule has 27 heavy (non-hydrogen) atoms. The standard InChI is InChI=1S/C19H18N2O6/c1-13(20-27-15-8-6-7-14(11-15)21(23)24)16-9-4-5-10-17(16)18(12-25-2)19(22)26-3/h4-12H,1-3H3. The SMILES string of the molecule is COC=C(C(=O)OC)c1ccccc1C(C)=NOc1cccc([N+](=O)[O-])c1. The van der Waals surface area contributed by atoms with E-state index in [1.807, 2.05) is 0 Å². The minimum absolute atomic E-state index is 0.100. The van der Waals surface area contributed by atoms with Gasteiger partial charge in [0.2, 0.25) is 0 Å². The van der Waals surface area contributed by atoms with Gasteiger partial charge >= 0.3 is 5.97 Å². The van der Waals surface area contributed by atoms with Crippen LogP contribution in [-0.4, -0.2) is 30.8 Å². The number of hydrogen-bond donors (Lipinski definition) is 0. The molecule has 2 aromatic carbocycles. The summed E-state index contributed by atoms with van der Waals surface area (Å²) in [5.74, 6) is -0.335. The first-order valence-corrected chi connectivity index (χ1v) is 7.85. The summed E-state index contributed by atoms with van der Waals surface area (Å²) in [6, 6.07) is 12.7. The Labute approximate surface area is 155 Å². The average Bonchev–Trinajstić information content (AvgIpc) is 2.70. The Morgan fingerprint density at radius 1 is 1.11 bits per heavy atom. The van der Waals surface area contributed by atoms with Crippen LogP contribution in [-0.2, 0) is 14.3 Å². The maximum absolute atomic E-state index is 12.1. The van der Waals surface area contributed by atoms with E-state index in [9.17, 15) is 14.9 Å². The molecule has 0 aliphatic heterocycles. The third-order valence-electron chi connectivity index (χ3n) is 3.56. The van der Waals surface area contributed by atoms with Crippen LogP contribution < -0.4 is 4.84 Å². The van der Waals surface area contributed by atoms with Crippen LogP contribution in [0.25, 0.3) is 5.57 Å². The Balaban J connectivity index is 2.36. The number of carbonyl (C=O) groups is 1. The van der Waals surface area contributed by atoms with Crippen LogP contribution >= 0.6 is 0 Å². The molecule has 0 aliphatic rings. The lowest BCUT2D eigenvalue weighted by atomic mass is 9.98. The van der Waals surface area contributed by atoms with E-state index in [1.54, 1.807) is 37.3 Å². The lowest BCUT2D eigenvalue weighted by Gasteiger charge is -2.11. The van der Waals surface area contributed by atoms with Crippen molar-refractivity contribution < 1.29 is 24.0 Å². The molecule has 0 unspecified atom stereocenters. The zero-order valence-corrected chi connectivity index (χ0v) is 15.0. The number of benzene rings is 2. The van der Waals surface area contributed by atoms with E-state index in [4.69, 9.17) is 14.3 Å². The summed E-state index contributed by atoms with van der Waals surface area (Å²) in [7, 11) is 2.71. The number of non-ortho nitro benzene ring substituents is 1. The highest BCUT2D eigenvalue weighted by Gasteiger charge is 2.18. The summed E-state index contributed by atoms with van der Waals surface area (Å²) in [5, 5.41) is 14.9. The van der Waals surface area contributed by atoms with Gasteiger partial charge in [-0.05, 0) is 13.0 Å². The second-order valence-corrected chi connectivity index (χ2v) is 5.33. The molecule has 0 heterocycles. The van der Waals surface area contributed by atoms with Crippen LogP contribution in [0, 0.1) is 10.1 Å². The van der Waals surface area contributed by atoms with Crippen molar-refractivity contribution in [3.05, 3.63) is 76.0 Å². The molecule has 0 saturated carbocycles. The van der Waals surface area contributed by atoms with Crippen molar-refractivity contribution in [1.82, 2.24) is 0 Å². The van der Waals surface area contributed by atoms with Gasteiger partial charge in [-0.25, -0.2) is 4.79 Å². The van der Waals surface area contributed by atoms with Gasteiger partial charge in [0.25, 0.3) is 5.69 Å². The van der Waals surface area contributed by atoms with Crippen molar-refractivity contribution in [1.29, 1.82) is 0 Å². The van der Waals surface area contributed by atoms with Gasteiger partial charge in [0.15, 0.2) is 5.75 Å². The number of nitrogens with zero attached hydrogens (tertiary/aromatic N) is 2. The molecule has 0 radical (unpaired) electrons. The van der Waals surface area contributed by atoms with Gasteiger partial charge in [-0.3, -0.25) is 10.1 Å². The second kappa shape index (κ2) is 9.14. The summed E-state index contributed by atoms with van der Waals surface area (Å²) in [4.78, 5) is 27.7. The smallest absolute Gasteiger partial charge is 0.341 e. The molecule has 0 aromatic heterocycles. The number of nitro groups is 1. The number of carbonyl (C=O) groups excluding carboxylic acids is 1. The molecule has 0 spiro atoms. The van der Waals surface area contributed by atoms with Crippen LogP contribution in [0.15, 0.2) is 59.9 Å².